The molecule has 7 heteroatoms. The molecule has 150 valence electrons. The van der Waals surface area contributed by atoms with Gasteiger partial charge in [-0.2, -0.15) is 0 Å². The molecule has 0 aromatic heterocycles. The molecular weight excluding hydrogens is 364 g/mol. The first kappa shape index (κ1) is 21.3. The lowest BCUT2D eigenvalue weighted by molar-refractivity contribution is -0.116. The van der Waals surface area contributed by atoms with E-state index in [9.17, 15) is 18.4 Å². The maximum absolute atomic E-state index is 13.5. The Morgan fingerprint density at radius 3 is 2.29 bits per heavy atom. The summed E-state index contributed by atoms with van der Waals surface area (Å²) >= 11 is 0. The number of benzene rings is 2. The molecule has 2 aromatic carbocycles. The summed E-state index contributed by atoms with van der Waals surface area (Å²) in [5.41, 5.74) is 1.58. The summed E-state index contributed by atoms with van der Waals surface area (Å²) in [6.45, 7) is 6.21. The third-order valence-corrected chi connectivity index (χ3v) is 4.32. The van der Waals surface area contributed by atoms with Crippen LogP contribution < -0.4 is 15.5 Å². The molecule has 0 aliphatic heterocycles. The maximum atomic E-state index is 13.5. The Morgan fingerprint density at radius 2 is 1.68 bits per heavy atom. The summed E-state index contributed by atoms with van der Waals surface area (Å²) in [5.74, 6) is -2.46. The molecule has 0 unspecified atom stereocenters. The van der Waals surface area contributed by atoms with Crippen molar-refractivity contribution in [2.75, 3.05) is 29.9 Å². The topological polar surface area (TPSA) is 61.4 Å². The second-order valence-corrected chi connectivity index (χ2v) is 6.25. The summed E-state index contributed by atoms with van der Waals surface area (Å²) in [6, 6.07) is 10.4. The highest BCUT2D eigenvalue weighted by Crippen LogP contribution is 2.18. The quantitative estimate of drug-likeness (QED) is 0.638. The van der Waals surface area contributed by atoms with Crippen LogP contribution in [0.2, 0.25) is 0 Å². The van der Waals surface area contributed by atoms with Crippen molar-refractivity contribution in [3.05, 3.63) is 59.7 Å². The van der Waals surface area contributed by atoms with E-state index in [4.69, 9.17) is 0 Å². The van der Waals surface area contributed by atoms with Gasteiger partial charge in [-0.15, -0.1) is 0 Å². The van der Waals surface area contributed by atoms with Crippen LogP contribution >= 0.6 is 0 Å². The summed E-state index contributed by atoms with van der Waals surface area (Å²) in [6.07, 6.45) is 0.613. The first-order valence-electron chi connectivity index (χ1n) is 9.32. The van der Waals surface area contributed by atoms with Gasteiger partial charge in [-0.05, 0) is 56.7 Å². The smallest absolute Gasteiger partial charge is 0.254 e. The predicted octanol–water partition coefficient (Wildman–Crippen LogP) is 3.96. The van der Waals surface area contributed by atoms with Crippen LogP contribution in [0.1, 0.15) is 37.0 Å². The number of nitrogens with zero attached hydrogens (tertiary/aromatic N) is 1. The number of rotatable bonds is 9. The number of nitrogens with one attached hydrogen (secondary N) is 2. The van der Waals surface area contributed by atoms with E-state index in [-0.39, 0.29) is 24.4 Å². The number of carbonyl (C=O) groups excluding carboxylic acids is 2. The highest BCUT2D eigenvalue weighted by atomic mass is 19.1. The van der Waals surface area contributed by atoms with Gasteiger partial charge in [0.1, 0.15) is 11.6 Å². The molecule has 0 bridgehead atoms. The lowest BCUT2D eigenvalue weighted by Gasteiger charge is -2.21. The minimum atomic E-state index is -0.914. The molecule has 0 atom stereocenters. The Labute approximate surface area is 163 Å². The van der Waals surface area contributed by atoms with Crippen LogP contribution in [-0.4, -0.2) is 31.4 Å². The van der Waals surface area contributed by atoms with E-state index in [1.165, 1.54) is 0 Å². The molecule has 0 saturated carbocycles. The number of hydrogen-bond donors (Lipinski definition) is 2. The molecule has 2 N–H and O–H groups in total. The fourth-order valence-electron chi connectivity index (χ4n) is 2.79. The van der Waals surface area contributed by atoms with Crippen LogP contribution in [-0.2, 0) is 4.79 Å². The van der Waals surface area contributed by atoms with Crippen LogP contribution in [0.25, 0.3) is 0 Å². The predicted molar refractivity (Wildman–Crippen MR) is 107 cm³/mol. The van der Waals surface area contributed by atoms with E-state index in [2.05, 4.69) is 29.4 Å². The molecule has 0 saturated heterocycles. The fourth-order valence-corrected chi connectivity index (χ4v) is 2.79. The lowest BCUT2D eigenvalue weighted by Crippen LogP contribution is -2.26. The van der Waals surface area contributed by atoms with Crippen molar-refractivity contribution in [1.29, 1.82) is 0 Å². The fraction of sp³-hybridized carbons (Fsp3) is 0.333. The zero-order valence-electron chi connectivity index (χ0n) is 16.1. The molecule has 2 rings (SSSR count). The molecule has 0 radical (unpaired) electrons. The molecular formula is C21H25F2N3O2. The van der Waals surface area contributed by atoms with Crippen molar-refractivity contribution in [2.24, 2.45) is 0 Å². The number of carbonyl (C=O) groups is 2. The molecule has 0 aliphatic carbocycles. The molecule has 0 spiro atoms. The van der Waals surface area contributed by atoms with Gasteiger partial charge in [-0.25, -0.2) is 8.78 Å². The summed E-state index contributed by atoms with van der Waals surface area (Å²) in [7, 11) is 0. The summed E-state index contributed by atoms with van der Waals surface area (Å²) in [5, 5.41) is 5.33. The third-order valence-electron chi connectivity index (χ3n) is 4.32. The number of halogens is 2. The van der Waals surface area contributed by atoms with E-state index in [0.717, 1.165) is 30.9 Å². The van der Waals surface area contributed by atoms with E-state index in [0.29, 0.717) is 18.2 Å². The Kier molecular flexibility index (Phi) is 7.92. The maximum Gasteiger partial charge on any atom is 0.254 e. The van der Waals surface area contributed by atoms with E-state index < -0.39 is 17.5 Å². The van der Waals surface area contributed by atoms with Gasteiger partial charge in [0.15, 0.2) is 0 Å². The molecule has 0 heterocycles. The van der Waals surface area contributed by atoms with E-state index in [1.54, 1.807) is 0 Å². The van der Waals surface area contributed by atoms with Crippen LogP contribution in [0.5, 0.6) is 0 Å². The van der Waals surface area contributed by atoms with Crippen molar-refractivity contribution < 1.29 is 18.4 Å². The number of amides is 2. The minimum Gasteiger partial charge on any atom is -0.372 e. The molecule has 2 amide bonds. The van der Waals surface area contributed by atoms with Crippen LogP contribution in [0.15, 0.2) is 42.5 Å². The normalized spacial score (nSPS) is 10.4. The van der Waals surface area contributed by atoms with Gasteiger partial charge in [0.25, 0.3) is 5.91 Å². The first-order chi connectivity index (χ1) is 13.4. The van der Waals surface area contributed by atoms with Gasteiger partial charge in [-0.1, -0.05) is 0 Å². The standard InChI is InChI=1S/C21H25F2N3O2/c1-3-26(4-2)17-10-8-16(9-11-17)25-20(27)6-5-13-24-21(28)18-12-7-15(22)14-19(18)23/h7-12,14H,3-6,13H2,1-2H3,(H,24,28)(H,25,27). The summed E-state index contributed by atoms with van der Waals surface area (Å²) in [4.78, 5) is 26.1. The second-order valence-electron chi connectivity index (χ2n) is 6.25. The number of anilines is 2. The zero-order chi connectivity index (χ0) is 20.5. The highest BCUT2D eigenvalue weighted by molar-refractivity contribution is 5.94. The average molecular weight is 389 g/mol. The Morgan fingerprint density at radius 1 is 1.00 bits per heavy atom. The highest BCUT2D eigenvalue weighted by Gasteiger charge is 2.12. The van der Waals surface area contributed by atoms with Crippen LogP contribution in [0.4, 0.5) is 20.2 Å². The van der Waals surface area contributed by atoms with E-state index in [1.807, 2.05) is 24.3 Å². The molecule has 2 aromatic rings. The average Bonchev–Trinajstić information content (AvgIpc) is 2.67. The SMILES string of the molecule is CCN(CC)c1ccc(NC(=O)CCCNC(=O)c2ccc(F)cc2F)cc1. The van der Waals surface area contributed by atoms with Crippen molar-refractivity contribution >= 4 is 23.2 Å². The largest absolute Gasteiger partial charge is 0.372 e. The Balaban J connectivity index is 1.74. The van der Waals surface area contributed by atoms with E-state index >= 15 is 0 Å². The minimum absolute atomic E-state index is 0.169. The number of hydrogen-bond acceptors (Lipinski definition) is 3. The second kappa shape index (κ2) is 10.4. The van der Waals surface area contributed by atoms with Crippen molar-refractivity contribution in [1.82, 2.24) is 5.32 Å². The molecule has 0 aliphatic rings. The van der Waals surface area contributed by atoms with Gasteiger partial charge >= 0.3 is 0 Å². The van der Waals surface area contributed by atoms with Crippen molar-refractivity contribution in [3.8, 4) is 0 Å². The zero-order valence-corrected chi connectivity index (χ0v) is 16.1. The molecule has 5 nitrogen and oxygen atoms in total. The molecule has 0 fully saturated rings. The molecule has 28 heavy (non-hydrogen) atoms. The van der Waals surface area contributed by atoms with Crippen LogP contribution in [0.3, 0.4) is 0 Å². The van der Waals surface area contributed by atoms with Crippen LogP contribution in [0, 0.1) is 11.6 Å². The van der Waals surface area contributed by atoms with Crippen molar-refractivity contribution in [3.63, 3.8) is 0 Å². The first-order valence-corrected chi connectivity index (χ1v) is 9.32. The van der Waals surface area contributed by atoms with Gasteiger partial charge in [-0.3, -0.25) is 9.59 Å². The monoisotopic (exact) mass is 389 g/mol. The third kappa shape index (κ3) is 6.04. The Hall–Kier alpha value is -2.96. The lowest BCUT2D eigenvalue weighted by atomic mass is 10.2. The van der Waals surface area contributed by atoms with Gasteiger partial charge < -0.3 is 15.5 Å². The van der Waals surface area contributed by atoms with Gasteiger partial charge in [0.2, 0.25) is 5.91 Å². The summed E-state index contributed by atoms with van der Waals surface area (Å²) < 4.78 is 26.4. The van der Waals surface area contributed by atoms with Gasteiger partial charge in [0, 0.05) is 43.5 Å². The van der Waals surface area contributed by atoms with Gasteiger partial charge in [0.05, 0.1) is 5.56 Å². The Bertz CT molecular complexity index is 806. The van der Waals surface area contributed by atoms with Crippen molar-refractivity contribution in [2.45, 2.75) is 26.7 Å².